The Morgan fingerprint density at radius 2 is 2.00 bits per heavy atom. The monoisotopic (exact) mass is 302 g/mol. The van der Waals surface area contributed by atoms with Crippen LogP contribution in [0.1, 0.15) is 22.4 Å². The molecule has 1 atom stereocenters. The third-order valence-electron chi connectivity index (χ3n) is 3.68. The van der Waals surface area contributed by atoms with Gasteiger partial charge in [0.05, 0.1) is 12.9 Å². The number of aliphatic hydroxyl groups excluding tert-OH is 1. The van der Waals surface area contributed by atoms with E-state index in [-0.39, 0.29) is 18.7 Å². The molecular formula is C17H22N2O3. The predicted octanol–water partition coefficient (Wildman–Crippen LogP) is 1.92. The molecule has 0 spiro atoms. The standard InChI is InChI=1S/C17H22N2O3/c1-11-5-6-16(12(2)7-11)22-9-15(20)8-19-10-18-14(4)13(3)17(19)21/h5-7,10,15,20H,8-9H2,1-4H3/t15-/m0/s1. The van der Waals surface area contributed by atoms with Gasteiger partial charge in [-0.3, -0.25) is 9.36 Å². The van der Waals surface area contributed by atoms with E-state index in [1.807, 2.05) is 32.0 Å². The molecule has 1 heterocycles. The highest BCUT2D eigenvalue weighted by Gasteiger charge is 2.11. The first-order chi connectivity index (χ1) is 10.4. The van der Waals surface area contributed by atoms with Crippen molar-refractivity contribution in [3.8, 4) is 5.75 Å². The minimum atomic E-state index is -0.776. The van der Waals surface area contributed by atoms with Crippen LogP contribution >= 0.6 is 0 Å². The Bertz CT molecular complexity index is 722. The molecule has 1 aromatic heterocycles. The molecule has 0 saturated heterocycles. The van der Waals surface area contributed by atoms with Gasteiger partial charge >= 0.3 is 0 Å². The molecular weight excluding hydrogens is 280 g/mol. The molecule has 0 fully saturated rings. The lowest BCUT2D eigenvalue weighted by Crippen LogP contribution is -2.31. The van der Waals surface area contributed by atoms with E-state index in [2.05, 4.69) is 4.98 Å². The summed E-state index contributed by atoms with van der Waals surface area (Å²) in [6.45, 7) is 7.80. The second-order valence-electron chi connectivity index (χ2n) is 5.65. The van der Waals surface area contributed by atoms with Crippen molar-refractivity contribution in [2.45, 2.75) is 40.3 Å². The van der Waals surface area contributed by atoms with Gasteiger partial charge in [-0.2, -0.15) is 0 Å². The average molecular weight is 302 g/mol. The Balaban J connectivity index is 2.00. The third-order valence-corrected chi connectivity index (χ3v) is 3.68. The highest BCUT2D eigenvalue weighted by molar-refractivity contribution is 5.35. The molecule has 1 N–H and O–H groups in total. The number of benzene rings is 1. The van der Waals surface area contributed by atoms with E-state index in [4.69, 9.17) is 4.74 Å². The van der Waals surface area contributed by atoms with E-state index in [0.29, 0.717) is 11.3 Å². The zero-order chi connectivity index (χ0) is 16.3. The van der Waals surface area contributed by atoms with Crippen LogP contribution in [0.15, 0.2) is 29.3 Å². The maximum absolute atomic E-state index is 12.1. The fourth-order valence-corrected chi connectivity index (χ4v) is 2.23. The van der Waals surface area contributed by atoms with Gasteiger partial charge in [0.1, 0.15) is 18.5 Å². The second kappa shape index (κ2) is 6.75. The summed E-state index contributed by atoms with van der Waals surface area (Å²) in [6, 6.07) is 5.88. The molecule has 22 heavy (non-hydrogen) atoms. The number of hydrogen-bond acceptors (Lipinski definition) is 4. The van der Waals surface area contributed by atoms with Crippen LogP contribution in [0.4, 0.5) is 0 Å². The summed E-state index contributed by atoms with van der Waals surface area (Å²) in [5.74, 6) is 0.746. The normalized spacial score (nSPS) is 12.2. The maximum Gasteiger partial charge on any atom is 0.256 e. The molecule has 0 aliphatic heterocycles. The molecule has 0 bridgehead atoms. The molecule has 0 aliphatic carbocycles. The van der Waals surface area contributed by atoms with Crippen LogP contribution in [0.3, 0.4) is 0 Å². The van der Waals surface area contributed by atoms with Crippen LogP contribution in [-0.2, 0) is 6.54 Å². The van der Waals surface area contributed by atoms with E-state index >= 15 is 0 Å². The van der Waals surface area contributed by atoms with Gasteiger partial charge in [-0.05, 0) is 39.3 Å². The quantitative estimate of drug-likeness (QED) is 0.916. The van der Waals surface area contributed by atoms with Crippen LogP contribution < -0.4 is 10.3 Å². The number of nitrogens with zero attached hydrogens (tertiary/aromatic N) is 2. The number of aromatic nitrogens is 2. The lowest BCUT2D eigenvalue weighted by molar-refractivity contribution is 0.0909. The van der Waals surface area contributed by atoms with Crippen molar-refractivity contribution in [3.63, 3.8) is 0 Å². The summed E-state index contributed by atoms with van der Waals surface area (Å²) in [4.78, 5) is 16.2. The van der Waals surface area contributed by atoms with Gasteiger partial charge in [0.15, 0.2) is 0 Å². The van der Waals surface area contributed by atoms with Gasteiger partial charge in [0, 0.05) is 11.3 Å². The molecule has 2 rings (SSSR count). The molecule has 2 aromatic rings. The zero-order valence-electron chi connectivity index (χ0n) is 13.5. The van der Waals surface area contributed by atoms with E-state index in [1.54, 1.807) is 13.8 Å². The topological polar surface area (TPSA) is 64.3 Å². The maximum atomic E-state index is 12.1. The highest BCUT2D eigenvalue weighted by Crippen LogP contribution is 2.18. The summed E-state index contributed by atoms with van der Waals surface area (Å²) in [7, 11) is 0. The summed E-state index contributed by atoms with van der Waals surface area (Å²) >= 11 is 0. The highest BCUT2D eigenvalue weighted by atomic mass is 16.5. The van der Waals surface area contributed by atoms with Crippen molar-refractivity contribution in [3.05, 3.63) is 57.3 Å². The Morgan fingerprint density at radius 1 is 1.27 bits per heavy atom. The second-order valence-corrected chi connectivity index (χ2v) is 5.65. The lowest BCUT2D eigenvalue weighted by Gasteiger charge is -2.15. The van der Waals surface area contributed by atoms with Crippen molar-refractivity contribution in [2.75, 3.05) is 6.61 Å². The fraction of sp³-hybridized carbons (Fsp3) is 0.412. The Kier molecular flexibility index (Phi) is 4.98. The summed E-state index contributed by atoms with van der Waals surface area (Å²) in [5, 5.41) is 10.1. The smallest absolute Gasteiger partial charge is 0.256 e. The van der Waals surface area contributed by atoms with Crippen LogP contribution in [0, 0.1) is 27.7 Å². The van der Waals surface area contributed by atoms with Gasteiger partial charge in [0.25, 0.3) is 5.56 Å². The Hall–Kier alpha value is -2.14. The number of ether oxygens (including phenoxy) is 1. The Morgan fingerprint density at radius 3 is 2.68 bits per heavy atom. The average Bonchev–Trinajstić information content (AvgIpc) is 2.47. The largest absolute Gasteiger partial charge is 0.491 e. The minimum absolute atomic E-state index is 0.127. The number of aliphatic hydroxyl groups is 1. The molecule has 0 aliphatic rings. The van der Waals surface area contributed by atoms with Gasteiger partial charge in [-0.1, -0.05) is 17.7 Å². The molecule has 1 aromatic carbocycles. The number of hydrogen-bond donors (Lipinski definition) is 1. The summed E-state index contributed by atoms with van der Waals surface area (Å²) < 4.78 is 7.05. The number of rotatable bonds is 5. The molecule has 5 nitrogen and oxygen atoms in total. The first kappa shape index (κ1) is 16.2. The first-order valence-electron chi connectivity index (χ1n) is 7.29. The van der Waals surface area contributed by atoms with Gasteiger partial charge in [-0.15, -0.1) is 0 Å². The van der Waals surface area contributed by atoms with Crippen LogP contribution in [0.25, 0.3) is 0 Å². The number of aryl methyl sites for hydroxylation is 3. The van der Waals surface area contributed by atoms with E-state index in [9.17, 15) is 9.90 Å². The molecule has 0 radical (unpaired) electrons. The van der Waals surface area contributed by atoms with Crippen LogP contribution in [-0.4, -0.2) is 27.4 Å². The SMILES string of the molecule is Cc1ccc(OC[C@@H](O)Cn2cnc(C)c(C)c2=O)c(C)c1. The van der Waals surface area contributed by atoms with Gasteiger partial charge in [-0.25, -0.2) is 4.98 Å². The molecule has 118 valence electrons. The van der Waals surface area contributed by atoms with E-state index in [0.717, 1.165) is 16.9 Å². The molecule has 0 amide bonds. The van der Waals surface area contributed by atoms with E-state index in [1.165, 1.54) is 10.9 Å². The third kappa shape index (κ3) is 3.74. The van der Waals surface area contributed by atoms with Crippen molar-refractivity contribution < 1.29 is 9.84 Å². The minimum Gasteiger partial charge on any atom is -0.491 e. The molecule has 0 saturated carbocycles. The Labute approximate surface area is 130 Å². The molecule has 5 heteroatoms. The van der Waals surface area contributed by atoms with Gasteiger partial charge < -0.3 is 9.84 Å². The zero-order valence-corrected chi connectivity index (χ0v) is 13.5. The van der Waals surface area contributed by atoms with Crippen molar-refractivity contribution in [1.29, 1.82) is 0 Å². The molecule has 0 unspecified atom stereocenters. The van der Waals surface area contributed by atoms with Crippen molar-refractivity contribution in [1.82, 2.24) is 9.55 Å². The van der Waals surface area contributed by atoms with Crippen molar-refractivity contribution in [2.24, 2.45) is 0 Å². The van der Waals surface area contributed by atoms with Gasteiger partial charge in [0.2, 0.25) is 0 Å². The first-order valence-corrected chi connectivity index (χ1v) is 7.29. The summed E-state index contributed by atoms with van der Waals surface area (Å²) in [6.07, 6.45) is 0.688. The van der Waals surface area contributed by atoms with Crippen molar-refractivity contribution >= 4 is 0 Å². The van der Waals surface area contributed by atoms with Crippen LogP contribution in [0.5, 0.6) is 5.75 Å². The summed E-state index contributed by atoms with van der Waals surface area (Å²) in [5.41, 5.74) is 3.38. The van der Waals surface area contributed by atoms with E-state index < -0.39 is 6.10 Å². The van der Waals surface area contributed by atoms with Crippen LogP contribution in [0.2, 0.25) is 0 Å². The fourth-order valence-electron chi connectivity index (χ4n) is 2.23. The predicted molar refractivity (Wildman–Crippen MR) is 85.4 cm³/mol. The lowest BCUT2D eigenvalue weighted by atomic mass is 10.1.